The third-order valence-corrected chi connectivity index (χ3v) is 14.3. The standard InChI is InChI=1S/C33H51N3O3/c1-21(2)22-10-15-33(18-37)17-16-31(6)23(27(22)33)8-9-25-30(5)13-12-26(39-28(38)36-20-34-19-35-36)29(3,4)24(30)11-14-32(25,31)7/h19-20,22-27,37H,1,8-18H2,2-7H3/t22-,23+,24-,25+,26-,27+,30-,31+,32+,33+/m0/s1. The Morgan fingerprint density at radius 2 is 1.74 bits per heavy atom. The molecule has 6 heteroatoms. The summed E-state index contributed by atoms with van der Waals surface area (Å²) in [5.41, 5.74) is 2.14. The largest absolute Gasteiger partial charge is 0.444 e. The quantitative estimate of drug-likeness (QED) is 0.410. The summed E-state index contributed by atoms with van der Waals surface area (Å²) in [7, 11) is 0. The van der Waals surface area contributed by atoms with Crippen LogP contribution in [0.4, 0.5) is 4.79 Å². The van der Waals surface area contributed by atoms with Gasteiger partial charge in [-0.25, -0.2) is 9.78 Å². The predicted molar refractivity (Wildman–Crippen MR) is 152 cm³/mol. The smallest absolute Gasteiger partial charge is 0.436 e. The first-order valence-corrected chi connectivity index (χ1v) is 15.7. The molecule has 0 radical (unpaired) electrons. The summed E-state index contributed by atoms with van der Waals surface area (Å²) in [6.07, 6.45) is 14.1. The molecule has 0 saturated heterocycles. The summed E-state index contributed by atoms with van der Waals surface area (Å²) in [5.74, 6) is 2.98. The van der Waals surface area contributed by atoms with E-state index in [4.69, 9.17) is 4.74 Å². The second kappa shape index (κ2) is 8.90. The van der Waals surface area contributed by atoms with Crippen molar-refractivity contribution in [2.45, 2.75) is 112 Å². The number of hydrogen-bond acceptors (Lipinski definition) is 5. The van der Waals surface area contributed by atoms with E-state index in [0.717, 1.165) is 12.8 Å². The zero-order chi connectivity index (χ0) is 28.0. The topological polar surface area (TPSA) is 77.2 Å². The van der Waals surface area contributed by atoms with Crippen LogP contribution in [0.3, 0.4) is 0 Å². The molecule has 0 aliphatic heterocycles. The Labute approximate surface area is 235 Å². The van der Waals surface area contributed by atoms with Crippen molar-refractivity contribution in [3.8, 4) is 0 Å². The van der Waals surface area contributed by atoms with Crippen LogP contribution in [0.5, 0.6) is 0 Å². The van der Waals surface area contributed by atoms with Crippen LogP contribution in [0.15, 0.2) is 24.8 Å². The molecule has 10 atom stereocenters. The average Bonchev–Trinajstić information content (AvgIpc) is 3.55. The van der Waals surface area contributed by atoms with E-state index in [0.29, 0.717) is 36.2 Å². The Balaban J connectivity index is 1.30. The number of aliphatic hydroxyl groups is 1. The van der Waals surface area contributed by atoms with Crippen molar-refractivity contribution >= 4 is 6.09 Å². The third-order valence-electron chi connectivity index (χ3n) is 14.3. The van der Waals surface area contributed by atoms with E-state index in [9.17, 15) is 9.90 Å². The molecule has 39 heavy (non-hydrogen) atoms. The second-order valence-electron chi connectivity index (χ2n) is 15.8. The summed E-state index contributed by atoms with van der Waals surface area (Å²) in [4.78, 5) is 16.7. The van der Waals surface area contributed by atoms with Crippen LogP contribution in [0.1, 0.15) is 106 Å². The number of fused-ring (bicyclic) bond motifs is 7. The molecule has 6 nitrogen and oxygen atoms in total. The van der Waals surface area contributed by atoms with Crippen molar-refractivity contribution in [1.82, 2.24) is 14.8 Å². The molecule has 6 rings (SSSR count). The van der Waals surface area contributed by atoms with Gasteiger partial charge in [0.25, 0.3) is 0 Å². The van der Waals surface area contributed by atoms with Crippen molar-refractivity contribution < 1.29 is 14.6 Å². The number of allylic oxidation sites excluding steroid dienone is 1. The molecule has 0 unspecified atom stereocenters. The average molecular weight is 538 g/mol. The maximum absolute atomic E-state index is 12.8. The van der Waals surface area contributed by atoms with E-state index >= 15 is 0 Å². The van der Waals surface area contributed by atoms with Crippen molar-refractivity contribution in [3.63, 3.8) is 0 Å². The predicted octanol–water partition coefficient (Wildman–Crippen LogP) is 7.28. The number of ether oxygens (including phenoxy) is 1. The SMILES string of the molecule is C=C(C)[C@@H]1CC[C@]2(CO)CC[C@]3(C)[C@H](CC[C@@H]4[C@@]5(C)CC[C@H](OC(=O)n6cncn6)C(C)(C)[C@@H]5CC[C@]43C)[C@@H]12. The molecule has 216 valence electrons. The maximum atomic E-state index is 12.8. The van der Waals surface area contributed by atoms with Crippen molar-refractivity contribution in [3.05, 3.63) is 24.8 Å². The Bertz CT molecular complexity index is 1130. The lowest BCUT2D eigenvalue weighted by molar-refractivity contribution is -0.249. The molecule has 5 aliphatic rings. The highest BCUT2D eigenvalue weighted by atomic mass is 16.6. The highest BCUT2D eigenvalue weighted by molar-refractivity contribution is 5.69. The number of nitrogens with zero attached hydrogens (tertiary/aromatic N) is 3. The molecule has 1 aromatic heterocycles. The van der Waals surface area contributed by atoms with Gasteiger partial charge in [0.15, 0.2) is 0 Å². The van der Waals surface area contributed by atoms with E-state index in [1.165, 1.54) is 74.3 Å². The fourth-order valence-corrected chi connectivity index (χ4v) is 12.2. The van der Waals surface area contributed by atoms with E-state index in [1.54, 1.807) is 0 Å². The first-order chi connectivity index (χ1) is 18.3. The van der Waals surface area contributed by atoms with Gasteiger partial charge in [-0.1, -0.05) is 46.8 Å². The van der Waals surface area contributed by atoms with E-state index in [1.807, 2.05) is 0 Å². The van der Waals surface area contributed by atoms with Crippen LogP contribution in [-0.4, -0.2) is 38.7 Å². The van der Waals surface area contributed by atoms with E-state index in [2.05, 4.69) is 58.2 Å². The maximum Gasteiger partial charge on any atom is 0.436 e. The van der Waals surface area contributed by atoms with Crippen molar-refractivity contribution in [2.24, 2.45) is 56.7 Å². The summed E-state index contributed by atoms with van der Waals surface area (Å²) < 4.78 is 7.32. The number of aliphatic hydroxyl groups excluding tert-OH is 1. The lowest BCUT2D eigenvalue weighted by atomic mass is 9.32. The second-order valence-corrected chi connectivity index (χ2v) is 15.8. The van der Waals surface area contributed by atoms with Crippen LogP contribution in [0, 0.1) is 56.7 Å². The van der Waals surface area contributed by atoms with Crippen LogP contribution >= 0.6 is 0 Å². The minimum absolute atomic E-state index is 0.0998. The number of aromatic nitrogens is 3. The van der Waals surface area contributed by atoms with Gasteiger partial charge in [-0.15, -0.1) is 5.10 Å². The molecule has 5 saturated carbocycles. The van der Waals surface area contributed by atoms with Crippen molar-refractivity contribution in [1.29, 1.82) is 0 Å². The lowest BCUT2D eigenvalue weighted by Gasteiger charge is -2.73. The molecule has 0 spiro atoms. The van der Waals surface area contributed by atoms with Crippen LogP contribution in [0.2, 0.25) is 0 Å². The third kappa shape index (κ3) is 3.58. The molecule has 5 aliphatic carbocycles. The number of hydrogen-bond donors (Lipinski definition) is 1. The summed E-state index contributed by atoms with van der Waals surface area (Å²) in [5, 5.41) is 14.7. The first-order valence-electron chi connectivity index (χ1n) is 15.7. The fourth-order valence-electron chi connectivity index (χ4n) is 12.2. The van der Waals surface area contributed by atoms with Gasteiger partial charge in [-0.2, -0.15) is 4.68 Å². The monoisotopic (exact) mass is 537 g/mol. The first kappa shape index (κ1) is 27.5. The van der Waals surface area contributed by atoms with Crippen LogP contribution in [-0.2, 0) is 4.74 Å². The normalized spacial score (nSPS) is 48.3. The van der Waals surface area contributed by atoms with Gasteiger partial charge in [-0.05, 0) is 122 Å². The molecular formula is C33H51N3O3. The molecule has 1 heterocycles. The Kier molecular flexibility index (Phi) is 6.27. The lowest BCUT2D eigenvalue weighted by Crippen LogP contribution is -2.67. The van der Waals surface area contributed by atoms with Crippen molar-refractivity contribution in [2.75, 3.05) is 6.61 Å². The van der Waals surface area contributed by atoms with Gasteiger partial charge in [0, 0.05) is 12.0 Å². The Hall–Kier alpha value is -1.69. The number of carbonyl (C=O) groups excluding carboxylic acids is 1. The molecule has 0 aromatic carbocycles. The summed E-state index contributed by atoms with van der Waals surface area (Å²) in [6, 6.07) is 0. The van der Waals surface area contributed by atoms with E-state index in [-0.39, 0.29) is 33.2 Å². The summed E-state index contributed by atoms with van der Waals surface area (Å²) >= 11 is 0. The molecule has 0 bridgehead atoms. The summed E-state index contributed by atoms with van der Waals surface area (Å²) in [6.45, 7) is 19.6. The Morgan fingerprint density at radius 3 is 2.41 bits per heavy atom. The molecule has 0 amide bonds. The molecule has 1 aromatic rings. The van der Waals surface area contributed by atoms with Crippen LogP contribution < -0.4 is 0 Å². The zero-order valence-corrected chi connectivity index (χ0v) is 25.2. The fraction of sp³-hybridized carbons (Fsp3) is 0.848. The minimum Gasteiger partial charge on any atom is -0.444 e. The minimum atomic E-state index is -0.416. The van der Waals surface area contributed by atoms with Gasteiger partial charge in [0.2, 0.25) is 0 Å². The molecule has 5 fully saturated rings. The van der Waals surface area contributed by atoms with Gasteiger partial charge in [0.1, 0.15) is 18.8 Å². The van der Waals surface area contributed by atoms with Gasteiger partial charge in [0.05, 0.1) is 0 Å². The molecule has 1 N–H and O–H groups in total. The number of rotatable bonds is 3. The number of carbonyl (C=O) groups is 1. The molecular weight excluding hydrogens is 486 g/mol. The van der Waals surface area contributed by atoms with Gasteiger partial charge in [-0.3, -0.25) is 0 Å². The highest BCUT2D eigenvalue weighted by Gasteiger charge is 2.71. The van der Waals surface area contributed by atoms with Crippen LogP contribution in [0.25, 0.3) is 0 Å². The zero-order valence-electron chi connectivity index (χ0n) is 25.2. The highest BCUT2D eigenvalue weighted by Crippen LogP contribution is 2.77. The Morgan fingerprint density at radius 1 is 0.974 bits per heavy atom. The van der Waals surface area contributed by atoms with Gasteiger partial charge >= 0.3 is 6.09 Å². The van der Waals surface area contributed by atoms with Gasteiger partial charge < -0.3 is 9.84 Å². The van der Waals surface area contributed by atoms with E-state index < -0.39 is 6.09 Å².